The van der Waals surface area contributed by atoms with E-state index in [1.807, 2.05) is 0 Å². The predicted octanol–water partition coefficient (Wildman–Crippen LogP) is 23.1. The number of aliphatic hydroxyl groups excluding tert-OH is 1. The molecule has 0 aliphatic carbocycles. The molecule has 3 N–H and O–H groups in total. The Labute approximate surface area is 599 Å². The Morgan fingerprint density at radius 3 is 0.837 bits per heavy atom. The molecule has 0 bridgehead atoms. The monoisotopic (exact) mass is 1430 g/mol. The number of phosphoric acid groups is 2. The number of aliphatic hydroxyl groups is 1. The van der Waals surface area contributed by atoms with Crippen LogP contribution < -0.4 is 0 Å². The van der Waals surface area contributed by atoms with Crippen LogP contribution in [-0.2, 0) is 65.4 Å². The molecule has 98 heavy (non-hydrogen) atoms. The fraction of sp³-hybridized carbons (Fsp3) is 0.899. The molecule has 19 heteroatoms. The van der Waals surface area contributed by atoms with Crippen molar-refractivity contribution in [2.45, 2.75) is 407 Å². The molecule has 0 spiro atoms. The van der Waals surface area contributed by atoms with Gasteiger partial charge in [0.15, 0.2) is 12.2 Å². The number of rotatable bonds is 76. The van der Waals surface area contributed by atoms with Crippen LogP contribution in [0.2, 0.25) is 0 Å². The summed E-state index contributed by atoms with van der Waals surface area (Å²) in [5.41, 5.74) is 0. The van der Waals surface area contributed by atoms with E-state index in [1.54, 1.807) is 0 Å². The molecule has 0 aromatic rings. The maximum atomic E-state index is 13.1. The second-order valence-electron chi connectivity index (χ2n) is 28.7. The van der Waals surface area contributed by atoms with Gasteiger partial charge in [-0.3, -0.25) is 37.3 Å². The van der Waals surface area contributed by atoms with Crippen LogP contribution in [0.4, 0.5) is 0 Å². The van der Waals surface area contributed by atoms with Gasteiger partial charge in [0.05, 0.1) is 26.4 Å². The van der Waals surface area contributed by atoms with Crippen molar-refractivity contribution in [1.82, 2.24) is 0 Å². The van der Waals surface area contributed by atoms with Crippen LogP contribution in [0, 0.1) is 11.8 Å². The lowest BCUT2D eigenvalue weighted by atomic mass is 10.0. The van der Waals surface area contributed by atoms with Crippen LogP contribution >= 0.6 is 15.6 Å². The van der Waals surface area contributed by atoms with Gasteiger partial charge in [0, 0.05) is 25.7 Å². The second-order valence-corrected chi connectivity index (χ2v) is 31.6. The molecule has 0 saturated carbocycles. The Hall–Kier alpha value is -2.46. The Balaban J connectivity index is 5.28. The Morgan fingerprint density at radius 1 is 0.316 bits per heavy atom. The summed E-state index contributed by atoms with van der Waals surface area (Å²) in [6, 6.07) is 0. The first-order chi connectivity index (χ1) is 47.4. The van der Waals surface area contributed by atoms with E-state index in [0.29, 0.717) is 31.6 Å². The van der Waals surface area contributed by atoms with Crippen LogP contribution in [-0.4, -0.2) is 96.7 Å². The number of carbonyl (C=O) groups excluding carboxylic acids is 4. The van der Waals surface area contributed by atoms with Crippen molar-refractivity contribution in [3.63, 3.8) is 0 Å². The summed E-state index contributed by atoms with van der Waals surface area (Å²) in [5.74, 6) is -0.664. The van der Waals surface area contributed by atoms with E-state index < -0.39 is 97.5 Å². The average Bonchev–Trinajstić information content (AvgIpc) is 0.963. The summed E-state index contributed by atoms with van der Waals surface area (Å²) >= 11 is 0. The Morgan fingerprint density at radius 2 is 0.551 bits per heavy atom. The van der Waals surface area contributed by atoms with Crippen LogP contribution in [0.25, 0.3) is 0 Å². The molecule has 5 atom stereocenters. The number of esters is 4. The highest BCUT2D eigenvalue weighted by molar-refractivity contribution is 7.47. The summed E-state index contributed by atoms with van der Waals surface area (Å²) in [7, 11) is -9.93. The average molecular weight is 1430 g/mol. The minimum absolute atomic E-state index is 0.102. The first-order valence-corrected chi connectivity index (χ1v) is 43.3. The number of hydrogen-bond donors (Lipinski definition) is 3. The molecule has 0 aliphatic heterocycles. The van der Waals surface area contributed by atoms with Gasteiger partial charge in [0.25, 0.3) is 0 Å². The molecule has 2 unspecified atom stereocenters. The first-order valence-electron chi connectivity index (χ1n) is 40.3. The molecule has 0 aliphatic rings. The van der Waals surface area contributed by atoms with E-state index >= 15 is 0 Å². The van der Waals surface area contributed by atoms with Crippen molar-refractivity contribution in [3.8, 4) is 0 Å². The van der Waals surface area contributed by atoms with Gasteiger partial charge in [0.1, 0.15) is 19.3 Å². The zero-order chi connectivity index (χ0) is 72.1. The summed E-state index contributed by atoms with van der Waals surface area (Å²) < 4.78 is 68.6. The van der Waals surface area contributed by atoms with Gasteiger partial charge in [-0.1, -0.05) is 336 Å². The number of hydrogen-bond acceptors (Lipinski definition) is 15. The van der Waals surface area contributed by atoms with Crippen LogP contribution in [0.15, 0.2) is 24.3 Å². The molecule has 578 valence electrons. The van der Waals surface area contributed by atoms with Crippen molar-refractivity contribution >= 4 is 39.5 Å². The highest BCUT2D eigenvalue weighted by Crippen LogP contribution is 2.45. The highest BCUT2D eigenvalue weighted by atomic mass is 31.2. The molecule has 0 aromatic heterocycles. The van der Waals surface area contributed by atoms with Crippen molar-refractivity contribution < 1.29 is 80.2 Å². The van der Waals surface area contributed by atoms with Gasteiger partial charge < -0.3 is 33.8 Å². The summed E-state index contributed by atoms with van der Waals surface area (Å²) in [6.07, 6.45) is 61.9. The normalized spacial score (nSPS) is 14.1. The third kappa shape index (κ3) is 71.9. The molecule has 0 fully saturated rings. The minimum Gasteiger partial charge on any atom is -0.462 e. The maximum Gasteiger partial charge on any atom is 0.472 e. The topological polar surface area (TPSA) is 237 Å². The fourth-order valence-corrected chi connectivity index (χ4v) is 13.2. The van der Waals surface area contributed by atoms with Gasteiger partial charge in [-0.15, -0.1) is 0 Å². The fourth-order valence-electron chi connectivity index (χ4n) is 11.6. The lowest BCUT2D eigenvalue weighted by Crippen LogP contribution is -2.30. The maximum absolute atomic E-state index is 13.1. The number of carbonyl (C=O) groups is 4. The standard InChI is InChI=1S/C79H150O17P2/c1-7-9-11-13-15-17-19-21-23-24-25-27-29-34-38-44-51-57-63-78(83)95-74(67-89-76(81)61-55-49-43-37-33-28-26-22-20-18-16-14-12-10-8-2)69-93-97(85,86)91-65-73(80)66-92-98(87,88)94-70-75(68-90-77(82)62-56-50-46-40-42-48-54-60-72(5)6)96-79(84)64-58-52-45-39-35-31-30-32-36-41-47-53-59-71(3)4/h18,20,22,26,71-75,80H,7-17,19,21,23-25,27-70H2,1-6H3,(H,85,86)(H,87,88)/b20-18-,26-22-/t73-,74-,75-/m1/s1. The van der Waals surface area contributed by atoms with Gasteiger partial charge in [0.2, 0.25) is 0 Å². The largest absolute Gasteiger partial charge is 0.472 e. The number of unbranched alkanes of at least 4 members (excludes halogenated alkanes) is 43. The van der Waals surface area contributed by atoms with Crippen LogP contribution in [0.5, 0.6) is 0 Å². The zero-order valence-corrected chi connectivity index (χ0v) is 65.4. The Bertz CT molecular complexity index is 1980. The van der Waals surface area contributed by atoms with Gasteiger partial charge in [-0.2, -0.15) is 0 Å². The van der Waals surface area contributed by atoms with E-state index in [2.05, 4.69) is 65.8 Å². The molecule has 17 nitrogen and oxygen atoms in total. The molecule has 0 rings (SSSR count). The van der Waals surface area contributed by atoms with Crippen LogP contribution in [0.3, 0.4) is 0 Å². The number of phosphoric ester groups is 2. The van der Waals surface area contributed by atoms with E-state index in [9.17, 15) is 43.2 Å². The smallest absolute Gasteiger partial charge is 0.462 e. The summed E-state index contributed by atoms with van der Waals surface area (Å²) in [6.45, 7) is 9.50. The lowest BCUT2D eigenvalue weighted by molar-refractivity contribution is -0.161. The van der Waals surface area contributed by atoms with Crippen molar-refractivity contribution in [3.05, 3.63) is 24.3 Å². The molecular weight excluding hydrogens is 1280 g/mol. The molecule has 0 aromatic carbocycles. The van der Waals surface area contributed by atoms with Crippen molar-refractivity contribution in [2.75, 3.05) is 39.6 Å². The minimum atomic E-state index is -4.97. The SMILES string of the molecule is CCCCCC/C=C\C=C/CCCCCCCC(=O)OC[C@H](COP(=O)(O)OC[C@@H](O)COP(=O)(O)OC[C@@H](COC(=O)CCCCCCCCCC(C)C)OC(=O)CCCCCCCCCCCCCCC(C)C)OC(=O)CCCCCCCCCCCCCCCCCCCC. The highest BCUT2D eigenvalue weighted by Gasteiger charge is 2.30. The third-order valence-electron chi connectivity index (χ3n) is 17.8. The Kier molecular flexibility index (Phi) is 68.5. The number of allylic oxidation sites excluding steroid dienone is 4. The van der Waals surface area contributed by atoms with E-state index in [0.717, 1.165) is 121 Å². The second kappa shape index (κ2) is 70.2. The molecule has 0 heterocycles. The first kappa shape index (κ1) is 95.5. The van der Waals surface area contributed by atoms with Crippen molar-refractivity contribution in [2.24, 2.45) is 11.8 Å². The summed E-state index contributed by atoms with van der Waals surface area (Å²) in [5, 5.41) is 10.6. The van der Waals surface area contributed by atoms with Crippen molar-refractivity contribution in [1.29, 1.82) is 0 Å². The predicted molar refractivity (Wildman–Crippen MR) is 400 cm³/mol. The van der Waals surface area contributed by atoms with Gasteiger partial charge in [-0.25, -0.2) is 9.13 Å². The molecule has 0 saturated heterocycles. The van der Waals surface area contributed by atoms with E-state index in [4.69, 9.17) is 37.0 Å². The van der Waals surface area contributed by atoms with E-state index in [1.165, 1.54) is 180 Å². The van der Waals surface area contributed by atoms with Gasteiger partial charge >= 0.3 is 39.5 Å². The van der Waals surface area contributed by atoms with Crippen LogP contribution in [0.1, 0.15) is 388 Å². The zero-order valence-electron chi connectivity index (χ0n) is 63.6. The molecule has 0 radical (unpaired) electrons. The van der Waals surface area contributed by atoms with Gasteiger partial charge in [-0.05, 0) is 63.2 Å². The third-order valence-corrected chi connectivity index (χ3v) is 19.7. The summed E-state index contributed by atoms with van der Waals surface area (Å²) in [4.78, 5) is 72.9. The number of ether oxygens (including phenoxy) is 4. The lowest BCUT2D eigenvalue weighted by Gasteiger charge is -2.21. The molecular formula is C79H150O17P2. The molecule has 0 amide bonds. The quantitative estimate of drug-likeness (QED) is 0.0169. The van der Waals surface area contributed by atoms with E-state index in [-0.39, 0.29) is 25.7 Å².